The number of nitrogens with one attached hydrogen (secondary N) is 1. The van der Waals surface area contributed by atoms with Gasteiger partial charge in [-0.25, -0.2) is 4.79 Å². The van der Waals surface area contributed by atoms with Gasteiger partial charge in [0, 0.05) is 17.8 Å². The van der Waals surface area contributed by atoms with Crippen molar-refractivity contribution in [1.29, 1.82) is 0 Å². The topological polar surface area (TPSA) is 64.6 Å². The fraction of sp³-hybridized carbons (Fsp3) is 0.222. The molecule has 24 heavy (non-hydrogen) atoms. The Balaban J connectivity index is 1.92. The van der Waals surface area contributed by atoms with Crippen molar-refractivity contribution in [3.8, 4) is 0 Å². The normalized spacial score (nSPS) is 11.6. The smallest absolute Gasteiger partial charge is 0.338 e. The molecule has 1 atom stereocenters. The molecule has 0 radical (unpaired) electrons. The van der Waals surface area contributed by atoms with E-state index < -0.39 is 18.0 Å². The van der Waals surface area contributed by atoms with E-state index >= 15 is 0 Å². The number of esters is 1. The summed E-state index contributed by atoms with van der Waals surface area (Å²) in [5, 5.41) is 3.23. The highest BCUT2D eigenvalue weighted by Crippen LogP contribution is 2.14. The Kier molecular flexibility index (Phi) is 6.35. The van der Waals surface area contributed by atoms with Gasteiger partial charge in [-0.15, -0.1) is 0 Å². The molecule has 2 aromatic rings. The van der Waals surface area contributed by atoms with Gasteiger partial charge in [0.15, 0.2) is 6.10 Å². The Labute approximate surface area is 145 Å². The highest BCUT2D eigenvalue weighted by atomic mass is 35.5. The second-order valence-electron chi connectivity index (χ2n) is 5.17. The number of ether oxygens (including phenoxy) is 2. The Bertz CT molecular complexity index is 698. The van der Waals surface area contributed by atoms with Crippen LogP contribution < -0.4 is 5.32 Å². The minimum atomic E-state index is -0.924. The van der Waals surface area contributed by atoms with E-state index in [1.165, 1.54) is 6.92 Å². The summed E-state index contributed by atoms with van der Waals surface area (Å²) in [7, 11) is 1.60. The maximum atomic E-state index is 12.1. The summed E-state index contributed by atoms with van der Waals surface area (Å²) in [5.74, 6) is -0.973. The number of methoxy groups -OCH3 is 1. The number of anilines is 1. The summed E-state index contributed by atoms with van der Waals surface area (Å²) >= 11 is 5.79. The van der Waals surface area contributed by atoms with E-state index in [0.29, 0.717) is 22.9 Å². The second kappa shape index (κ2) is 8.47. The standard InChI is InChI=1S/C18H18ClNO4/c1-12(17(21)20-16-9-7-15(19)8-10-16)24-18(22)14-5-3-13(4-6-14)11-23-2/h3-10,12H,11H2,1-2H3,(H,20,21)/t12-/m0/s1. The summed E-state index contributed by atoms with van der Waals surface area (Å²) in [5.41, 5.74) is 1.90. The lowest BCUT2D eigenvalue weighted by Gasteiger charge is -2.13. The van der Waals surface area contributed by atoms with Crippen molar-refractivity contribution in [1.82, 2.24) is 0 Å². The lowest BCUT2D eigenvalue weighted by molar-refractivity contribution is -0.123. The molecule has 0 bridgehead atoms. The first-order valence-corrected chi connectivity index (χ1v) is 7.72. The first-order valence-electron chi connectivity index (χ1n) is 7.35. The molecule has 0 fully saturated rings. The molecule has 6 heteroatoms. The number of benzene rings is 2. The van der Waals surface area contributed by atoms with Crippen molar-refractivity contribution >= 4 is 29.2 Å². The maximum Gasteiger partial charge on any atom is 0.338 e. The average Bonchev–Trinajstić information content (AvgIpc) is 2.57. The lowest BCUT2D eigenvalue weighted by Crippen LogP contribution is -2.30. The molecule has 0 saturated carbocycles. The van der Waals surface area contributed by atoms with Crippen molar-refractivity contribution in [2.24, 2.45) is 0 Å². The van der Waals surface area contributed by atoms with Gasteiger partial charge in [-0.05, 0) is 48.9 Å². The van der Waals surface area contributed by atoms with Gasteiger partial charge in [-0.1, -0.05) is 23.7 Å². The van der Waals surface area contributed by atoms with E-state index in [1.54, 1.807) is 55.6 Å². The van der Waals surface area contributed by atoms with E-state index in [0.717, 1.165) is 5.56 Å². The summed E-state index contributed by atoms with van der Waals surface area (Å²) < 4.78 is 10.2. The van der Waals surface area contributed by atoms with Gasteiger partial charge in [-0.3, -0.25) is 4.79 Å². The molecule has 0 saturated heterocycles. The van der Waals surface area contributed by atoms with Gasteiger partial charge in [0.05, 0.1) is 12.2 Å². The molecule has 2 rings (SSSR count). The molecule has 0 heterocycles. The highest BCUT2D eigenvalue weighted by Gasteiger charge is 2.19. The molecule has 0 aliphatic heterocycles. The summed E-state index contributed by atoms with van der Waals surface area (Å²) in [6, 6.07) is 13.5. The number of halogens is 1. The van der Waals surface area contributed by atoms with Crippen molar-refractivity contribution in [2.45, 2.75) is 19.6 Å². The zero-order valence-electron chi connectivity index (χ0n) is 13.4. The second-order valence-corrected chi connectivity index (χ2v) is 5.61. The van der Waals surface area contributed by atoms with Gasteiger partial charge in [0.25, 0.3) is 5.91 Å². The Morgan fingerprint density at radius 3 is 2.29 bits per heavy atom. The van der Waals surface area contributed by atoms with Crippen LogP contribution in [0.3, 0.4) is 0 Å². The predicted molar refractivity (Wildman–Crippen MR) is 92.1 cm³/mol. The van der Waals surface area contributed by atoms with Crippen molar-refractivity contribution in [3.05, 3.63) is 64.7 Å². The number of carbonyl (C=O) groups excluding carboxylic acids is 2. The predicted octanol–water partition coefficient (Wildman–Crippen LogP) is 3.67. The van der Waals surface area contributed by atoms with Crippen LogP contribution in [0.25, 0.3) is 0 Å². The van der Waals surface area contributed by atoms with Crippen LogP contribution in [-0.4, -0.2) is 25.1 Å². The third-order valence-corrected chi connectivity index (χ3v) is 3.52. The molecule has 2 aromatic carbocycles. The SMILES string of the molecule is COCc1ccc(C(=O)O[C@@H](C)C(=O)Nc2ccc(Cl)cc2)cc1. The van der Waals surface area contributed by atoms with Crippen LogP contribution in [0, 0.1) is 0 Å². The number of carbonyl (C=O) groups is 2. The van der Waals surface area contributed by atoms with E-state index in [-0.39, 0.29) is 0 Å². The minimum absolute atomic E-state index is 0.376. The number of rotatable bonds is 6. The highest BCUT2D eigenvalue weighted by molar-refractivity contribution is 6.30. The van der Waals surface area contributed by atoms with E-state index in [1.807, 2.05) is 0 Å². The van der Waals surface area contributed by atoms with Gasteiger partial charge >= 0.3 is 5.97 Å². The van der Waals surface area contributed by atoms with Gasteiger partial charge < -0.3 is 14.8 Å². The molecule has 5 nitrogen and oxygen atoms in total. The average molecular weight is 348 g/mol. The zero-order valence-corrected chi connectivity index (χ0v) is 14.2. The lowest BCUT2D eigenvalue weighted by atomic mass is 10.1. The monoisotopic (exact) mass is 347 g/mol. The molecule has 0 aliphatic rings. The minimum Gasteiger partial charge on any atom is -0.449 e. The van der Waals surface area contributed by atoms with E-state index in [2.05, 4.69) is 5.32 Å². The molecule has 0 aromatic heterocycles. The van der Waals surface area contributed by atoms with Crippen molar-refractivity contribution in [2.75, 3.05) is 12.4 Å². The first-order chi connectivity index (χ1) is 11.5. The number of hydrogen-bond acceptors (Lipinski definition) is 4. The molecular formula is C18H18ClNO4. The molecule has 0 unspecified atom stereocenters. The van der Waals surface area contributed by atoms with Gasteiger partial charge in [-0.2, -0.15) is 0 Å². The molecular weight excluding hydrogens is 330 g/mol. The van der Waals surface area contributed by atoms with E-state index in [9.17, 15) is 9.59 Å². The fourth-order valence-electron chi connectivity index (χ4n) is 1.96. The third-order valence-electron chi connectivity index (χ3n) is 3.27. The van der Waals surface area contributed by atoms with Crippen LogP contribution in [0.15, 0.2) is 48.5 Å². The van der Waals surface area contributed by atoms with Gasteiger partial charge in [0.1, 0.15) is 0 Å². The maximum absolute atomic E-state index is 12.1. The van der Waals surface area contributed by atoms with E-state index in [4.69, 9.17) is 21.1 Å². The van der Waals surface area contributed by atoms with Crippen LogP contribution in [0.5, 0.6) is 0 Å². The van der Waals surface area contributed by atoms with Gasteiger partial charge in [0.2, 0.25) is 0 Å². The summed E-state index contributed by atoms with van der Waals surface area (Å²) in [6.45, 7) is 1.98. The quantitative estimate of drug-likeness (QED) is 0.810. The van der Waals surface area contributed by atoms with Crippen LogP contribution in [0.4, 0.5) is 5.69 Å². The zero-order chi connectivity index (χ0) is 17.5. The fourth-order valence-corrected chi connectivity index (χ4v) is 2.09. The molecule has 1 amide bonds. The Morgan fingerprint density at radius 1 is 1.08 bits per heavy atom. The van der Waals surface area contributed by atoms with Crippen LogP contribution in [0.2, 0.25) is 5.02 Å². The first kappa shape index (κ1) is 18.0. The Hall–Kier alpha value is -2.37. The summed E-state index contributed by atoms with van der Waals surface area (Å²) in [4.78, 5) is 24.1. The summed E-state index contributed by atoms with van der Waals surface area (Å²) in [6.07, 6.45) is -0.924. The number of amides is 1. The molecule has 0 spiro atoms. The van der Waals surface area contributed by atoms with Crippen molar-refractivity contribution < 1.29 is 19.1 Å². The number of hydrogen-bond donors (Lipinski definition) is 1. The van der Waals surface area contributed by atoms with Crippen LogP contribution in [-0.2, 0) is 20.9 Å². The largest absolute Gasteiger partial charge is 0.449 e. The van der Waals surface area contributed by atoms with Crippen LogP contribution in [0.1, 0.15) is 22.8 Å². The third kappa shape index (κ3) is 5.08. The molecule has 1 N–H and O–H groups in total. The molecule has 126 valence electrons. The van der Waals surface area contributed by atoms with Crippen LogP contribution >= 0.6 is 11.6 Å². The Morgan fingerprint density at radius 2 is 1.71 bits per heavy atom. The molecule has 0 aliphatic carbocycles. The van der Waals surface area contributed by atoms with Crippen molar-refractivity contribution in [3.63, 3.8) is 0 Å².